The molecule has 1 N–H and O–H groups in total. The quantitative estimate of drug-likeness (QED) is 0.246. The molecule has 1 unspecified atom stereocenters. The Hall–Kier alpha value is -1.49. The Bertz CT molecular complexity index is 900. The summed E-state index contributed by atoms with van der Waals surface area (Å²) in [5.41, 5.74) is 0.792. The molecule has 2 aliphatic rings. The van der Waals surface area contributed by atoms with E-state index in [9.17, 15) is 22.8 Å². The van der Waals surface area contributed by atoms with Crippen molar-refractivity contribution in [1.82, 2.24) is 10.2 Å². The summed E-state index contributed by atoms with van der Waals surface area (Å²) in [7, 11) is -3.51. The van der Waals surface area contributed by atoms with E-state index >= 15 is 0 Å². The number of alkyl halides is 1. The molecule has 0 radical (unpaired) electrons. The van der Waals surface area contributed by atoms with Gasteiger partial charge in [0.05, 0.1) is 10.6 Å². The molecule has 3 amide bonds. The van der Waals surface area contributed by atoms with Gasteiger partial charge in [0.25, 0.3) is 5.91 Å². The van der Waals surface area contributed by atoms with Crippen LogP contribution in [0.25, 0.3) is 0 Å². The highest BCUT2D eigenvalue weighted by Crippen LogP contribution is 2.32. The number of benzene rings is 1. The molecule has 7 nitrogen and oxygen atoms in total. The van der Waals surface area contributed by atoms with Crippen molar-refractivity contribution in [2.24, 2.45) is 0 Å². The number of amides is 3. The molecule has 28 heavy (non-hydrogen) atoms. The van der Waals surface area contributed by atoms with Crippen LogP contribution < -0.4 is 5.32 Å². The number of sulfone groups is 1. The van der Waals surface area contributed by atoms with Crippen molar-refractivity contribution in [3.63, 3.8) is 0 Å². The summed E-state index contributed by atoms with van der Waals surface area (Å²) in [6, 6.07) is 3.97. The first kappa shape index (κ1) is 21.2. The number of hydrogen-bond acceptors (Lipinski definition) is 5. The van der Waals surface area contributed by atoms with Crippen molar-refractivity contribution in [2.75, 3.05) is 10.2 Å². The lowest BCUT2D eigenvalue weighted by Crippen LogP contribution is -2.52. The Morgan fingerprint density at radius 3 is 2.57 bits per heavy atom. The van der Waals surface area contributed by atoms with Gasteiger partial charge in [0.1, 0.15) is 6.04 Å². The number of nitrogens with zero attached hydrogens (tertiary/aromatic N) is 1. The van der Waals surface area contributed by atoms with Crippen molar-refractivity contribution >= 4 is 50.1 Å². The molecule has 9 heteroatoms. The maximum absolute atomic E-state index is 12.9. The number of nitrogens with one attached hydrogen (secondary N) is 1. The van der Waals surface area contributed by atoms with Gasteiger partial charge in [0.15, 0.2) is 9.84 Å². The first-order chi connectivity index (χ1) is 13.3. The van der Waals surface area contributed by atoms with Gasteiger partial charge in [-0.05, 0) is 35.8 Å². The molecule has 0 aliphatic carbocycles. The molecule has 1 aromatic carbocycles. The fraction of sp³-hybridized carbons (Fsp3) is 0.526. The summed E-state index contributed by atoms with van der Waals surface area (Å²) in [6.07, 6.45) is 3.96. The van der Waals surface area contributed by atoms with Crippen molar-refractivity contribution in [3.8, 4) is 0 Å². The van der Waals surface area contributed by atoms with Gasteiger partial charge >= 0.3 is 0 Å². The molecule has 1 atom stereocenters. The highest BCUT2D eigenvalue weighted by Gasteiger charge is 2.40. The molecule has 1 aromatic rings. The number of fused-ring (bicyclic) bond motifs is 1. The Kier molecular flexibility index (Phi) is 6.74. The Morgan fingerprint density at radius 2 is 1.86 bits per heavy atom. The van der Waals surface area contributed by atoms with E-state index in [2.05, 4.69) is 27.9 Å². The van der Waals surface area contributed by atoms with Crippen LogP contribution in [0.5, 0.6) is 0 Å². The van der Waals surface area contributed by atoms with Gasteiger partial charge in [-0.1, -0.05) is 41.5 Å². The average molecular weight is 518 g/mol. The third-order valence-electron chi connectivity index (χ3n) is 5.17. The van der Waals surface area contributed by atoms with Crippen LogP contribution in [-0.2, 0) is 26.0 Å². The minimum atomic E-state index is -3.51. The number of imide groups is 1. The van der Waals surface area contributed by atoms with Crippen LogP contribution in [0.4, 0.5) is 0 Å². The molecule has 0 aromatic heterocycles. The second kappa shape index (κ2) is 8.89. The third kappa shape index (κ3) is 4.40. The minimum absolute atomic E-state index is 0.0529. The largest absolute Gasteiger partial charge is 0.322 e. The SMILES string of the molecule is O=C1CCC(N2Cc3c(cccc3S(=O)(=O)CCCCCCI)C2=O)C(=O)N1. The molecule has 152 valence electrons. The number of rotatable bonds is 8. The Balaban J connectivity index is 1.78. The van der Waals surface area contributed by atoms with E-state index in [1.54, 1.807) is 18.2 Å². The predicted octanol–water partition coefficient (Wildman–Crippen LogP) is 2.22. The van der Waals surface area contributed by atoms with E-state index < -0.39 is 21.8 Å². The van der Waals surface area contributed by atoms with Crippen LogP contribution >= 0.6 is 22.6 Å². The van der Waals surface area contributed by atoms with Gasteiger partial charge in [-0.15, -0.1) is 0 Å². The standard InChI is InChI=1S/C19H23IN2O5S/c20-10-3-1-2-4-11-28(26,27)16-7-5-6-13-14(16)12-22(19(13)25)15-8-9-17(23)21-18(15)24/h5-7,15H,1-4,8-12H2,(H,21,23,24). The lowest BCUT2D eigenvalue weighted by atomic mass is 10.0. The number of piperidine rings is 1. The first-order valence-corrected chi connectivity index (χ1v) is 12.6. The second-order valence-corrected chi connectivity index (χ2v) is 10.3. The molecule has 2 heterocycles. The van der Waals surface area contributed by atoms with E-state index in [-0.39, 0.29) is 41.8 Å². The molecule has 2 aliphatic heterocycles. The van der Waals surface area contributed by atoms with Crippen LogP contribution in [0.2, 0.25) is 0 Å². The zero-order valence-electron chi connectivity index (χ0n) is 15.4. The van der Waals surface area contributed by atoms with Gasteiger partial charge in [0.2, 0.25) is 11.8 Å². The van der Waals surface area contributed by atoms with Gasteiger partial charge < -0.3 is 4.90 Å². The Morgan fingerprint density at radius 1 is 1.11 bits per heavy atom. The number of carbonyl (C=O) groups is 3. The summed E-state index contributed by atoms with van der Waals surface area (Å²) >= 11 is 2.31. The lowest BCUT2D eigenvalue weighted by molar-refractivity contribution is -0.136. The first-order valence-electron chi connectivity index (χ1n) is 9.40. The maximum Gasteiger partial charge on any atom is 0.255 e. The van der Waals surface area contributed by atoms with Crippen molar-refractivity contribution in [2.45, 2.75) is 56.0 Å². The molecule has 0 spiro atoms. The highest BCUT2D eigenvalue weighted by molar-refractivity contribution is 14.1. The van der Waals surface area contributed by atoms with Crippen LogP contribution in [0, 0.1) is 0 Å². The van der Waals surface area contributed by atoms with Crippen molar-refractivity contribution < 1.29 is 22.8 Å². The molecule has 0 saturated carbocycles. The van der Waals surface area contributed by atoms with Crippen molar-refractivity contribution in [3.05, 3.63) is 29.3 Å². The smallest absolute Gasteiger partial charge is 0.255 e. The van der Waals surface area contributed by atoms with E-state index in [1.165, 1.54) is 4.90 Å². The van der Waals surface area contributed by atoms with E-state index in [0.717, 1.165) is 23.7 Å². The zero-order chi connectivity index (χ0) is 20.3. The zero-order valence-corrected chi connectivity index (χ0v) is 18.4. The predicted molar refractivity (Wildman–Crippen MR) is 112 cm³/mol. The third-order valence-corrected chi connectivity index (χ3v) is 7.81. The van der Waals surface area contributed by atoms with Crippen LogP contribution in [0.1, 0.15) is 54.4 Å². The summed E-state index contributed by atoms with van der Waals surface area (Å²) in [6.45, 7) is 0.0741. The number of unbranched alkanes of at least 4 members (excludes halogenated alkanes) is 3. The molecular weight excluding hydrogens is 495 g/mol. The normalized spacial score (nSPS) is 19.7. The van der Waals surface area contributed by atoms with E-state index in [0.29, 0.717) is 17.5 Å². The number of hydrogen-bond donors (Lipinski definition) is 1. The molecule has 1 fully saturated rings. The molecule has 3 rings (SSSR count). The molecule has 0 bridgehead atoms. The fourth-order valence-corrected chi connectivity index (χ4v) is 5.88. The fourth-order valence-electron chi connectivity index (χ4n) is 3.70. The summed E-state index contributed by atoms with van der Waals surface area (Å²) in [4.78, 5) is 37.9. The molecule has 1 saturated heterocycles. The van der Waals surface area contributed by atoms with Crippen molar-refractivity contribution in [1.29, 1.82) is 0 Å². The van der Waals surface area contributed by atoms with E-state index in [1.807, 2.05) is 0 Å². The van der Waals surface area contributed by atoms with Crippen LogP contribution in [-0.4, -0.2) is 47.3 Å². The molecular formula is C19H23IN2O5S. The number of carbonyl (C=O) groups excluding carboxylic acids is 3. The van der Waals surface area contributed by atoms with Gasteiger partial charge in [-0.2, -0.15) is 0 Å². The number of halogens is 1. The summed E-state index contributed by atoms with van der Waals surface area (Å²) < 4.78 is 26.8. The lowest BCUT2D eigenvalue weighted by Gasteiger charge is -2.29. The topological polar surface area (TPSA) is 101 Å². The van der Waals surface area contributed by atoms with Crippen LogP contribution in [0.15, 0.2) is 23.1 Å². The van der Waals surface area contributed by atoms with E-state index in [4.69, 9.17) is 0 Å². The summed E-state index contributed by atoms with van der Waals surface area (Å²) in [5, 5.41) is 2.25. The summed E-state index contributed by atoms with van der Waals surface area (Å²) in [5.74, 6) is -1.16. The monoisotopic (exact) mass is 518 g/mol. The van der Waals surface area contributed by atoms with Gasteiger partial charge in [-0.25, -0.2) is 8.42 Å². The Labute approximate surface area is 178 Å². The second-order valence-electron chi connectivity index (χ2n) is 7.10. The highest BCUT2D eigenvalue weighted by atomic mass is 127. The van der Waals surface area contributed by atoms with Gasteiger partial charge in [-0.3, -0.25) is 19.7 Å². The minimum Gasteiger partial charge on any atom is -0.322 e. The maximum atomic E-state index is 12.9. The average Bonchev–Trinajstić information content (AvgIpc) is 2.98. The van der Waals surface area contributed by atoms with Gasteiger partial charge in [0, 0.05) is 24.1 Å². The van der Waals surface area contributed by atoms with Crippen LogP contribution in [0.3, 0.4) is 0 Å².